The zero-order valence-electron chi connectivity index (χ0n) is 9.99. The van der Waals surface area contributed by atoms with E-state index in [-0.39, 0.29) is 10.6 Å². The average Bonchev–Trinajstić information content (AvgIpc) is 2.41. The summed E-state index contributed by atoms with van der Waals surface area (Å²) < 4.78 is 27.6. The number of benzene rings is 2. The fraction of sp³-hybridized carbons (Fsp3) is 0. The molecule has 0 unspecified atom stereocenters. The van der Waals surface area contributed by atoms with Crippen molar-refractivity contribution in [1.29, 1.82) is 0 Å². The van der Waals surface area contributed by atoms with Crippen molar-refractivity contribution < 1.29 is 13.3 Å². The summed E-state index contributed by atoms with van der Waals surface area (Å²) in [6.45, 7) is 0. The van der Waals surface area contributed by atoms with Gasteiger partial charge >= 0.3 is 0 Å². The normalized spacial score (nSPS) is 11.1. The van der Waals surface area contributed by atoms with Gasteiger partial charge in [0.25, 0.3) is 15.7 Å². The number of halogens is 1. The Bertz CT molecular complexity index is 727. The summed E-state index contributed by atoms with van der Waals surface area (Å²) in [6, 6.07) is 11.5. The Kier molecular flexibility index (Phi) is 4.23. The van der Waals surface area contributed by atoms with Crippen LogP contribution in [0.5, 0.6) is 0 Å². The van der Waals surface area contributed by atoms with Gasteiger partial charge in [0.1, 0.15) is 0 Å². The molecule has 0 amide bonds. The molecule has 2 aromatic rings. The molecule has 0 atom stereocenters. The van der Waals surface area contributed by atoms with E-state index in [1.54, 1.807) is 24.3 Å². The first-order valence-corrected chi connectivity index (χ1v) is 7.97. The highest BCUT2D eigenvalue weighted by Crippen LogP contribution is 2.19. The SMILES string of the molecule is O=[N+]([O-])c1ccc(S(=O)(=O)Nc2ccc(I)cc2)cc1. The lowest BCUT2D eigenvalue weighted by molar-refractivity contribution is -0.384. The van der Waals surface area contributed by atoms with Crippen LogP contribution in [0.15, 0.2) is 53.4 Å². The molecule has 0 aliphatic rings. The molecule has 0 fully saturated rings. The van der Waals surface area contributed by atoms with Gasteiger partial charge in [-0.2, -0.15) is 0 Å². The first-order chi connectivity index (χ1) is 9.38. The highest BCUT2D eigenvalue weighted by Gasteiger charge is 2.15. The van der Waals surface area contributed by atoms with E-state index in [9.17, 15) is 18.5 Å². The molecule has 6 nitrogen and oxygen atoms in total. The third-order valence-electron chi connectivity index (χ3n) is 2.45. The number of nitrogens with zero attached hydrogens (tertiary/aromatic N) is 1. The van der Waals surface area contributed by atoms with Gasteiger partial charge in [0.2, 0.25) is 0 Å². The molecule has 0 spiro atoms. The van der Waals surface area contributed by atoms with E-state index in [1.165, 1.54) is 12.1 Å². The molecule has 2 aromatic carbocycles. The Morgan fingerprint density at radius 3 is 2.05 bits per heavy atom. The van der Waals surface area contributed by atoms with E-state index in [0.29, 0.717) is 5.69 Å². The van der Waals surface area contributed by atoms with Gasteiger partial charge in [-0.05, 0) is 59.0 Å². The van der Waals surface area contributed by atoms with Crippen molar-refractivity contribution >= 4 is 44.0 Å². The second-order valence-corrected chi connectivity index (χ2v) is 6.79. The van der Waals surface area contributed by atoms with Crippen LogP contribution in [0.25, 0.3) is 0 Å². The third-order valence-corrected chi connectivity index (χ3v) is 4.57. The largest absolute Gasteiger partial charge is 0.280 e. The minimum Gasteiger partial charge on any atom is -0.280 e. The molecule has 0 aliphatic heterocycles. The number of nitro benzene ring substituents is 1. The Hall–Kier alpha value is -1.68. The summed E-state index contributed by atoms with van der Waals surface area (Å²) in [5, 5.41) is 10.5. The Balaban J connectivity index is 2.26. The molecular formula is C12H9IN2O4S. The lowest BCUT2D eigenvalue weighted by Crippen LogP contribution is -2.12. The van der Waals surface area contributed by atoms with Crippen LogP contribution >= 0.6 is 22.6 Å². The van der Waals surface area contributed by atoms with Crippen LogP contribution < -0.4 is 4.72 Å². The van der Waals surface area contributed by atoms with E-state index in [2.05, 4.69) is 27.3 Å². The molecule has 0 bridgehead atoms. The number of nitro groups is 1. The monoisotopic (exact) mass is 404 g/mol. The van der Waals surface area contributed by atoms with Crippen LogP contribution in [0.4, 0.5) is 11.4 Å². The minimum atomic E-state index is -3.74. The molecule has 2 rings (SSSR count). The predicted octanol–water partition coefficient (Wildman–Crippen LogP) is 3.00. The van der Waals surface area contributed by atoms with Crippen LogP contribution in [-0.4, -0.2) is 13.3 Å². The van der Waals surface area contributed by atoms with Gasteiger partial charge < -0.3 is 0 Å². The van der Waals surface area contributed by atoms with E-state index >= 15 is 0 Å². The van der Waals surface area contributed by atoms with Gasteiger partial charge in [-0.3, -0.25) is 14.8 Å². The number of nitrogens with one attached hydrogen (secondary N) is 1. The first kappa shape index (κ1) is 14.7. The molecule has 104 valence electrons. The van der Waals surface area contributed by atoms with E-state index in [0.717, 1.165) is 15.7 Å². The highest BCUT2D eigenvalue weighted by molar-refractivity contribution is 14.1. The van der Waals surface area contributed by atoms with Crippen LogP contribution in [0.2, 0.25) is 0 Å². The second-order valence-electron chi connectivity index (χ2n) is 3.86. The van der Waals surface area contributed by atoms with Gasteiger partial charge in [0, 0.05) is 21.4 Å². The lowest BCUT2D eigenvalue weighted by Gasteiger charge is -2.07. The summed E-state index contributed by atoms with van der Waals surface area (Å²) in [4.78, 5) is 9.92. The summed E-state index contributed by atoms with van der Waals surface area (Å²) in [5.74, 6) is 0. The van der Waals surface area contributed by atoms with Gasteiger partial charge in [-0.15, -0.1) is 0 Å². The number of non-ortho nitro benzene ring substituents is 1. The zero-order chi connectivity index (χ0) is 14.8. The number of sulfonamides is 1. The van der Waals surface area contributed by atoms with Crippen LogP contribution in [0.3, 0.4) is 0 Å². The van der Waals surface area contributed by atoms with Gasteiger partial charge in [-0.1, -0.05) is 0 Å². The van der Waals surface area contributed by atoms with Gasteiger partial charge in [-0.25, -0.2) is 8.42 Å². The van der Waals surface area contributed by atoms with E-state index < -0.39 is 14.9 Å². The molecule has 0 aromatic heterocycles. The number of hydrogen-bond donors (Lipinski definition) is 1. The zero-order valence-corrected chi connectivity index (χ0v) is 13.0. The Morgan fingerprint density at radius 1 is 1.00 bits per heavy atom. The second kappa shape index (κ2) is 5.75. The molecule has 0 saturated heterocycles. The van der Waals surface area contributed by atoms with Crippen molar-refractivity contribution in [2.45, 2.75) is 4.90 Å². The predicted molar refractivity (Wildman–Crippen MR) is 83.1 cm³/mol. The minimum absolute atomic E-state index is 0.0262. The first-order valence-electron chi connectivity index (χ1n) is 5.41. The van der Waals surface area contributed by atoms with E-state index in [1.807, 2.05) is 0 Å². The molecule has 0 radical (unpaired) electrons. The quantitative estimate of drug-likeness (QED) is 0.482. The molecule has 8 heteroatoms. The summed E-state index contributed by atoms with van der Waals surface area (Å²) in [7, 11) is -3.74. The maximum Gasteiger partial charge on any atom is 0.269 e. The molecule has 0 heterocycles. The van der Waals surface area contributed by atoms with E-state index in [4.69, 9.17) is 0 Å². The summed E-state index contributed by atoms with van der Waals surface area (Å²) >= 11 is 2.11. The maximum atomic E-state index is 12.1. The fourth-order valence-electron chi connectivity index (χ4n) is 1.48. The van der Waals surface area contributed by atoms with Crippen LogP contribution in [-0.2, 0) is 10.0 Å². The highest BCUT2D eigenvalue weighted by atomic mass is 127. The Labute approximate surface area is 129 Å². The van der Waals surface area contributed by atoms with Crippen molar-refractivity contribution in [1.82, 2.24) is 0 Å². The van der Waals surface area contributed by atoms with Crippen molar-refractivity contribution in [3.05, 3.63) is 62.2 Å². The van der Waals surface area contributed by atoms with Gasteiger partial charge in [0.05, 0.1) is 9.82 Å². The lowest BCUT2D eigenvalue weighted by atomic mass is 10.3. The molecule has 1 N–H and O–H groups in total. The molecule has 20 heavy (non-hydrogen) atoms. The number of anilines is 1. The maximum absolute atomic E-state index is 12.1. The van der Waals surface area contributed by atoms with Gasteiger partial charge in [0.15, 0.2) is 0 Å². The van der Waals surface area contributed by atoms with Crippen LogP contribution in [0.1, 0.15) is 0 Å². The van der Waals surface area contributed by atoms with Crippen molar-refractivity contribution in [2.75, 3.05) is 4.72 Å². The van der Waals surface area contributed by atoms with Crippen molar-refractivity contribution in [3.63, 3.8) is 0 Å². The molecule has 0 saturated carbocycles. The van der Waals surface area contributed by atoms with Crippen molar-refractivity contribution in [3.8, 4) is 0 Å². The standard InChI is InChI=1S/C12H9IN2O4S/c13-9-1-3-10(4-2-9)14-20(18,19)12-7-5-11(6-8-12)15(16)17/h1-8,14H. The summed E-state index contributed by atoms with van der Waals surface area (Å²) in [5.41, 5.74) is 0.280. The third kappa shape index (κ3) is 3.45. The number of hydrogen-bond acceptors (Lipinski definition) is 4. The Morgan fingerprint density at radius 2 is 1.55 bits per heavy atom. The number of rotatable bonds is 4. The van der Waals surface area contributed by atoms with Crippen LogP contribution in [0, 0.1) is 13.7 Å². The molecular weight excluding hydrogens is 395 g/mol. The average molecular weight is 404 g/mol. The fourth-order valence-corrected chi connectivity index (χ4v) is 2.90. The summed E-state index contributed by atoms with van der Waals surface area (Å²) in [6.07, 6.45) is 0. The topological polar surface area (TPSA) is 89.3 Å². The molecule has 0 aliphatic carbocycles. The smallest absolute Gasteiger partial charge is 0.269 e. The van der Waals surface area contributed by atoms with Crippen molar-refractivity contribution in [2.24, 2.45) is 0 Å².